The minimum Gasteiger partial charge on any atom is -0.469 e. The lowest BCUT2D eigenvalue weighted by Crippen LogP contribution is -2.55. The first kappa shape index (κ1) is 16.9. The summed E-state index contributed by atoms with van der Waals surface area (Å²) in [5, 5.41) is 2.90. The molecule has 2 fully saturated rings. The number of carbonyl (C=O) groups is 2. The Hall–Kier alpha value is -2.54. The van der Waals surface area contributed by atoms with Gasteiger partial charge in [-0.15, -0.1) is 0 Å². The molecule has 1 N–H and O–H groups in total. The Labute approximate surface area is 151 Å². The van der Waals surface area contributed by atoms with Gasteiger partial charge in [0.1, 0.15) is 11.5 Å². The smallest absolute Gasteiger partial charge is 0.257 e. The molecule has 0 radical (unpaired) electrons. The number of amides is 2. The highest BCUT2D eigenvalue weighted by Crippen LogP contribution is 2.33. The zero-order valence-corrected chi connectivity index (χ0v) is 14.6. The van der Waals surface area contributed by atoms with Gasteiger partial charge in [-0.2, -0.15) is 0 Å². The molecular formula is C19H22N2O5. The van der Waals surface area contributed by atoms with Gasteiger partial charge in [0.15, 0.2) is 0 Å². The fraction of sp³-hybridized carbons (Fsp3) is 0.474. The third-order valence-electron chi connectivity index (χ3n) is 5.25. The van der Waals surface area contributed by atoms with Crippen LogP contribution in [0.2, 0.25) is 0 Å². The third-order valence-corrected chi connectivity index (χ3v) is 5.25. The number of hydrogen-bond acceptors (Lipinski definition) is 5. The van der Waals surface area contributed by atoms with Crippen molar-refractivity contribution in [3.05, 3.63) is 47.8 Å². The summed E-state index contributed by atoms with van der Waals surface area (Å²) in [7, 11) is 0. The number of ether oxygens (including phenoxy) is 1. The average Bonchev–Trinajstić information content (AvgIpc) is 3.39. The number of likely N-dealkylation sites (tertiary alicyclic amines) is 1. The Kier molecular flexibility index (Phi) is 4.55. The number of nitrogens with zero attached hydrogens (tertiary/aromatic N) is 1. The summed E-state index contributed by atoms with van der Waals surface area (Å²) < 4.78 is 16.3. The van der Waals surface area contributed by atoms with Crippen molar-refractivity contribution in [2.24, 2.45) is 5.92 Å². The van der Waals surface area contributed by atoms with E-state index in [-0.39, 0.29) is 29.9 Å². The van der Waals surface area contributed by atoms with Crippen LogP contribution < -0.4 is 5.32 Å². The van der Waals surface area contributed by atoms with Gasteiger partial charge < -0.3 is 23.8 Å². The molecule has 0 saturated carbocycles. The van der Waals surface area contributed by atoms with Gasteiger partial charge in [0, 0.05) is 13.2 Å². The lowest BCUT2D eigenvalue weighted by molar-refractivity contribution is -0.129. The Morgan fingerprint density at radius 1 is 1.27 bits per heavy atom. The summed E-state index contributed by atoms with van der Waals surface area (Å²) in [6.45, 7) is 3.11. The van der Waals surface area contributed by atoms with Crippen molar-refractivity contribution < 1.29 is 23.2 Å². The zero-order chi connectivity index (χ0) is 18.1. The second-order valence-electron chi connectivity index (χ2n) is 6.84. The van der Waals surface area contributed by atoms with Gasteiger partial charge in [0.2, 0.25) is 5.91 Å². The molecule has 2 aliphatic heterocycles. The summed E-state index contributed by atoms with van der Waals surface area (Å²) >= 11 is 0. The van der Waals surface area contributed by atoms with Crippen molar-refractivity contribution in [1.82, 2.24) is 10.2 Å². The fourth-order valence-electron chi connectivity index (χ4n) is 3.86. The molecule has 7 heteroatoms. The molecule has 0 bridgehead atoms. The molecule has 2 amide bonds. The largest absolute Gasteiger partial charge is 0.469 e. The highest BCUT2D eigenvalue weighted by atomic mass is 16.5. The molecule has 0 spiro atoms. The van der Waals surface area contributed by atoms with E-state index in [1.165, 1.54) is 6.26 Å². The molecule has 0 aromatic carbocycles. The van der Waals surface area contributed by atoms with Crippen LogP contribution in [0.25, 0.3) is 0 Å². The Bertz CT molecular complexity index is 782. The molecule has 138 valence electrons. The predicted molar refractivity (Wildman–Crippen MR) is 91.3 cm³/mol. The van der Waals surface area contributed by atoms with Crippen LogP contribution in [-0.2, 0) is 16.1 Å². The Morgan fingerprint density at radius 2 is 2.15 bits per heavy atom. The van der Waals surface area contributed by atoms with E-state index in [4.69, 9.17) is 13.6 Å². The molecule has 2 saturated heterocycles. The Balaban J connectivity index is 1.48. The predicted octanol–water partition coefficient (Wildman–Crippen LogP) is 2.12. The van der Waals surface area contributed by atoms with Gasteiger partial charge in [-0.3, -0.25) is 9.59 Å². The van der Waals surface area contributed by atoms with Gasteiger partial charge in [-0.05, 0) is 38.0 Å². The maximum atomic E-state index is 13.0. The number of carbonyl (C=O) groups excluding carboxylic acids is 2. The molecule has 26 heavy (non-hydrogen) atoms. The molecule has 4 rings (SSSR count). The summed E-state index contributed by atoms with van der Waals surface area (Å²) in [5.74, 6) is 0.804. The van der Waals surface area contributed by atoms with Crippen LogP contribution in [0, 0.1) is 12.8 Å². The van der Waals surface area contributed by atoms with Crippen molar-refractivity contribution in [2.75, 3.05) is 13.2 Å². The van der Waals surface area contributed by atoms with E-state index < -0.39 is 0 Å². The number of piperidine rings is 1. The average molecular weight is 358 g/mol. The number of furan rings is 2. The molecule has 7 nitrogen and oxygen atoms in total. The minimum atomic E-state index is -0.305. The van der Waals surface area contributed by atoms with Crippen LogP contribution in [0.3, 0.4) is 0 Å². The van der Waals surface area contributed by atoms with Gasteiger partial charge in [0.05, 0.1) is 42.7 Å². The van der Waals surface area contributed by atoms with E-state index in [2.05, 4.69) is 5.32 Å². The highest BCUT2D eigenvalue weighted by molar-refractivity contribution is 5.96. The molecule has 3 atom stereocenters. The lowest BCUT2D eigenvalue weighted by Gasteiger charge is -2.40. The van der Waals surface area contributed by atoms with E-state index >= 15 is 0 Å². The van der Waals surface area contributed by atoms with Gasteiger partial charge >= 0.3 is 0 Å². The second-order valence-corrected chi connectivity index (χ2v) is 6.84. The number of hydrogen-bond donors (Lipinski definition) is 1. The summed E-state index contributed by atoms with van der Waals surface area (Å²) in [6, 6.07) is 5.30. The van der Waals surface area contributed by atoms with Crippen molar-refractivity contribution in [2.45, 2.75) is 38.5 Å². The molecule has 2 aromatic heterocycles. The van der Waals surface area contributed by atoms with E-state index in [1.807, 2.05) is 6.07 Å². The van der Waals surface area contributed by atoms with E-state index in [0.29, 0.717) is 43.2 Å². The van der Waals surface area contributed by atoms with Crippen LogP contribution in [0.5, 0.6) is 0 Å². The van der Waals surface area contributed by atoms with Crippen molar-refractivity contribution >= 4 is 11.8 Å². The van der Waals surface area contributed by atoms with Gasteiger partial charge in [-0.1, -0.05) is 0 Å². The quantitative estimate of drug-likeness (QED) is 0.905. The third kappa shape index (κ3) is 3.14. The molecular weight excluding hydrogens is 336 g/mol. The first-order valence-corrected chi connectivity index (χ1v) is 8.90. The topological polar surface area (TPSA) is 84.9 Å². The number of nitrogens with one attached hydrogen (secondary N) is 1. The zero-order valence-electron chi connectivity index (χ0n) is 14.6. The van der Waals surface area contributed by atoms with Gasteiger partial charge in [0.25, 0.3) is 5.91 Å². The number of fused-ring (bicyclic) bond motifs is 1. The normalized spacial score (nSPS) is 25.1. The fourth-order valence-corrected chi connectivity index (χ4v) is 3.86. The highest BCUT2D eigenvalue weighted by Gasteiger charge is 2.44. The van der Waals surface area contributed by atoms with E-state index in [1.54, 1.807) is 30.2 Å². The van der Waals surface area contributed by atoms with Crippen LogP contribution in [0.1, 0.15) is 34.7 Å². The summed E-state index contributed by atoms with van der Waals surface area (Å²) in [4.78, 5) is 27.4. The van der Waals surface area contributed by atoms with Crippen molar-refractivity contribution in [1.29, 1.82) is 0 Å². The monoisotopic (exact) mass is 358 g/mol. The summed E-state index contributed by atoms with van der Waals surface area (Å²) in [6.07, 6.45) is 4.42. The first-order chi connectivity index (χ1) is 12.6. The molecule has 2 aliphatic rings. The van der Waals surface area contributed by atoms with Crippen molar-refractivity contribution in [3.63, 3.8) is 0 Å². The van der Waals surface area contributed by atoms with E-state index in [9.17, 15) is 9.59 Å². The number of rotatable bonds is 4. The lowest BCUT2D eigenvalue weighted by atomic mass is 9.89. The summed E-state index contributed by atoms with van der Waals surface area (Å²) in [5.41, 5.74) is 0.548. The Morgan fingerprint density at radius 3 is 2.88 bits per heavy atom. The SMILES string of the molecule is Cc1occc1C(=O)N1C[C@@H](C(=O)NCc2ccco2)C[C@H]2OCC[C@H]21. The van der Waals surface area contributed by atoms with E-state index in [0.717, 1.165) is 6.42 Å². The second kappa shape index (κ2) is 6.99. The maximum Gasteiger partial charge on any atom is 0.257 e. The number of aryl methyl sites for hydroxylation is 1. The molecule has 0 unspecified atom stereocenters. The molecule has 0 aliphatic carbocycles. The van der Waals surface area contributed by atoms with Crippen molar-refractivity contribution in [3.8, 4) is 0 Å². The minimum absolute atomic E-state index is 0.0194. The van der Waals surface area contributed by atoms with Crippen LogP contribution in [0.15, 0.2) is 39.6 Å². The molecule has 4 heterocycles. The van der Waals surface area contributed by atoms with Crippen LogP contribution in [0.4, 0.5) is 0 Å². The van der Waals surface area contributed by atoms with Crippen LogP contribution in [-0.4, -0.2) is 42.0 Å². The van der Waals surface area contributed by atoms with Crippen LogP contribution >= 0.6 is 0 Å². The molecule has 2 aromatic rings. The first-order valence-electron chi connectivity index (χ1n) is 8.90. The van der Waals surface area contributed by atoms with Gasteiger partial charge in [-0.25, -0.2) is 0 Å². The standard InChI is InChI=1S/C19H22N2O5/c1-12-15(4-7-24-12)19(23)21-11-13(9-17-16(21)5-8-26-17)18(22)20-10-14-3-2-6-25-14/h2-4,6-7,13,16-17H,5,8-11H2,1H3,(H,20,22)/t13-,16+,17+/m0/s1. The maximum absolute atomic E-state index is 13.0.